The highest BCUT2D eigenvalue weighted by molar-refractivity contribution is 5.85. The lowest BCUT2D eigenvalue weighted by atomic mass is 10.2. The molecule has 0 fully saturated rings. The van der Waals surface area contributed by atoms with E-state index < -0.39 is 0 Å². The molecule has 3 heterocycles. The molecule has 0 radical (unpaired) electrons. The molecular weight excluding hydrogens is 282 g/mol. The van der Waals surface area contributed by atoms with Crippen LogP contribution in [-0.2, 0) is 0 Å². The standard InChI is InChI=1S/C14H11N7O/c1-22-13-8-4-2-3-5-9(8)19-14(20-13)21-7-18-10-11(15)16-6-17-12(10)21/h2-7H,1H3,(H2,15,16,17). The van der Waals surface area contributed by atoms with Gasteiger partial charge >= 0.3 is 0 Å². The Hall–Kier alpha value is -3.29. The fourth-order valence-electron chi connectivity index (χ4n) is 2.30. The molecule has 3 aromatic heterocycles. The number of benzene rings is 1. The molecule has 0 spiro atoms. The summed E-state index contributed by atoms with van der Waals surface area (Å²) < 4.78 is 7.01. The molecule has 0 unspecified atom stereocenters. The maximum absolute atomic E-state index is 5.80. The Morgan fingerprint density at radius 2 is 1.95 bits per heavy atom. The molecule has 108 valence electrons. The second-order valence-corrected chi connectivity index (χ2v) is 4.60. The quantitative estimate of drug-likeness (QED) is 0.594. The molecule has 0 atom stereocenters. The van der Waals surface area contributed by atoms with Gasteiger partial charge in [0.2, 0.25) is 11.8 Å². The SMILES string of the molecule is COc1nc(-n2cnc3c(N)ncnc32)nc2ccccc12. The average molecular weight is 293 g/mol. The number of ether oxygens (including phenoxy) is 1. The zero-order valence-corrected chi connectivity index (χ0v) is 11.6. The second kappa shape index (κ2) is 4.62. The molecule has 4 rings (SSSR count). The molecule has 0 bridgehead atoms. The number of fused-ring (bicyclic) bond motifs is 2. The Kier molecular flexibility index (Phi) is 2.62. The normalized spacial score (nSPS) is 11.1. The number of nitrogen functional groups attached to an aromatic ring is 1. The fraction of sp³-hybridized carbons (Fsp3) is 0.0714. The van der Waals surface area contributed by atoms with Crippen LogP contribution in [0.5, 0.6) is 5.88 Å². The van der Waals surface area contributed by atoms with Crippen molar-refractivity contribution in [2.24, 2.45) is 0 Å². The van der Waals surface area contributed by atoms with Crippen molar-refractivity contribution in [2.45, 2.75) is 0 Å². The smallest absolute Gasteiger partial charge is 0.240 e. The van der Waals surface area contributed by atoms with Gasteiger partial charge in [-0.25, -0.2) is 19.9 Å². The van der Waals surface area contributed by atoms with E-state index in [-0.39, 0.29) is 0 Å². The van der Waals surface area contributed by atoms with Crippen molar-refractivity contribution in [3.05, 3.63) is 36.9 Å². The first-order chi connectivity index (χ1) is 10.8. The monoisotopic (exact) mass is 293 g/mol. The fourth-order valence-corrected chi connectivity index (χ4v) is 2.30. The van der Waals surface area contributed by atoms with Crippen LogP contribution in [-0.4, -0.2) is 36.6 Å². The second-order valence-electron chi connectivity index (χ2n) is 4.60. The first-order valence-electron chi connectivity index (χ1n) is 6.52. The minimum atomic E-state index is 0.316. The van der Waals surface area contributed by atoms with Crippen LogP contribution in [0.15, 0.2) is 36.9 Å². The summed E-state index contributed by atoms with van der Waals surface area (Å²) in [6.45, 7) is 0. The third-order valence-corrected chi connectivity index (χ3v) is 3.33. The van der Waals surface area contributed by atoms with Gasteiger partial charge in [0, 0.05) is 0 Å². The predicted octanol–water partition coefficient (Wildman–Crippen LogP) is 1.35. The summed E-state index contributed by atoms with van der Waals surface area (Å²) in [7, 11) is 1.57. The van der Waals surface area contributed by atoms with Gasteiger partial charge < -0.3 is 10.5 Å². The highest BCUT2D eigenvalue weighted by atomic mass is 16.5. The van der Waals surface area contributed by atoms with Gasteiger partial charge in [-0.05, 0) is 12.1 Å². The van der Waals surface area contributed by atoms with Crippen molar-refractivity contribution in [1.82, 2.24) is 29.5 Å². The van der Waals surface area contributed by atoms with Crippen LogP contribution in [0.4, 0.5) is 5.82 Å². The molecule has 8 nitrogen and oxygen atoms in total. The molecule has 0 aliphatic rings. The van der Waals surface area contributed by atoms with Crippen LogP contribution in [0.3, 0.4) is 0 Å². The Bertz CT molecular complexity index is 995. The first kappa shape index (κ1) is 12.5. The number of nitrogens with zero attached hydrogens (tertiary/aromatic N) is 6. The van der Waals surface area contributed by atoms with E-state index in [4.69, 9.17) is 10.5 Å². The molecule has 0 aliphatic carbocycles. The number of anilines is 1. The highest BCUT2D eigenvalue weighted by Crippen LogP contribution is 2.24. The molecule has 0 saturated heterocycles. The Morgan fingerprint density at radius 1 is 1.09 bits per heavy atom. The molecule has 2 N–H and O–H groups in total. The van der Waals surface area contributed by atoms with Crippen molar-refractivity contribution in [1.29, 1.82) is 0 Å². The molecule has 0 amide bonds. The Balaban J connectivity index is 2.02. The van der Waals surface area contributed by atoms with Crippen LogP contribution in [0.25, 0.3) is 28.0 Å². The Labute approximate surface area is 124 Å². The van der Waals surface area contributed by atoms with Crippen molar-refractivity contribution in [2.75, 3.05) is 12.8 Å². The van der Waals surface area contributed by atoms with Gasteiger partial charge in [-0.1, -0.05) is 12.1 Å². The summed E-state index contributed by atoms with van der Waals surface area (Å²) in [6.07, 6.45) is 2.95. The predicted molar refractivity (Wildman–Crippen MR) is 80.7 cm³/mol. The van der Waals surface area contributed by atoms with Crippen molar-refractivity contribution >= 4 is 27.9 Å². The summed E-state index contributed by atoms with van der Waals surface area (Å²) in [5.74, 6) is 1.22. The number of nitrogens with two attached hydrogens (primary N) is 1. The van der Waals surface area contributed by atoms with Crippen LogP contribution in [0, 0.1) is 0 Å². The number of aromatic nitrogens is 6. The van der Waals surface area contributed by atoms with Crippen molar-refractivity contribution in [3.63, 3.8) is 0 Å². The third-order valence-electron chi connectivity index (χ3n) is 3.33. The van der Waals surface area contributed by atoms with E-state index >= 15 is 0 Å². The molecule has 0 saturated carbocycles. The molecular formula is C14H11N7O. The molecule has 22 heavy (non-hydrogen) atoms. The minimum absolute atomic E-state index is 0.316. The maximum Gasteiger partial charge on any atom is 0.240 e. The van der Waals surface area contributed by atoms with Crippen molar-refractivity contribution in [3.8, 4) is 11.8 Å². The van der Waals surface area contributed by atoms with Crippen molar-refractivity contribution < 1.29 is 4.74 Å². The topological polar surface area (TPSA) is 105 Å². The Morgan fingerprint density at radius 3 is 2.82 bits per heavy atom. The number of hydrogen-bond donors (Lipinski definition) is 1. The van der Waals surface area contributed by atoms with Gasteiger partial charge in [0.1, 0.15) is 12.7 Å². The lowest BCUT2D eigenvalue weighted by Crippen LogP contribution is -2.04. The summed E-state index contributed by atoms with van der Waals surface area (Å²) in [5, 5.41) is 0.840. The van der Waals surface area contributed by atoms with E-state index in [9.17, 15) is 0 Å². The van der Waals surface area contributed by atoms with Crippen LogP contribution in [0.2, 0.25) is 0 Å². The molecule has 0 aliphatic heterocycles. The van der Waals surface area contributed by atoms with E-state index in [1.54, 1.807) is 18.0 Å². The van der Waals surface area contributed by atoms with Gasteiger partial charge in [0.05, 0.1) is 18.0 Å². The van der Waals surface area contributed by atoms with E-state index in [0.717, 1.165) is 10.9 Å². The number of hydrogen-bond acceptors (Lipinski definition) is 7. The largest absolute Gasteiger partial charge is 0.480 e. The van der Waals surface area contributed by atoms with Crippen LogP contribution >= 0.6 is 0 Å². The molecule has 8 heteroatoms. The van der Waals surface area contributed by atoms with E-state index in [1.807, 2.05) is 24.3 Å². The maximum atomic E-state index is 5.80. The van der Waals surface area contributed by atoms with E-state index in [2.05, 4.69) is 24.9 Å². The van der Waals surface area contributed by atoms with Crippen LogP contribution < -0.4 is 10.5 Å². The molecule has 1 aromatic carbocycles. The summed E-state index contributed by atoms with van der Waals surface area (Å²) in [5.41, 5.74) is 7.63. The lowest BCUT2D eigenvalue weighted by Gasteiger charge is -2.07. The summed E-state index contributed by atoms with van der Waals surface area (Å²) in [4.78, 5) is 21.3. The van der Waals surface area contributed by atoms with Crippen LogP contribution in [0.1, 0.15) is 0 Å². The van der Waals surface area contributed by atoms with E-state index in [1.165, 1.54) is 6.33 Å². The zero-order valence-electron chi connectivity index (χ0n) is 11.6. The van der Waals surface area contributed by atoms with Gasteiger partial charge in [-0.3, -0.25) is 4.57 Å². The van der Waals surface area contributed by atoms with Gasteiger partial charge in [-0.15, -0.1) is 0 Å². The highest BCUT2D eigenvalue weighted by Gasteiger charge is 2.14. The number of methoxy groups -OCH3 is 1. The average Bonchev–Trinajstić information content (AvgIpc) is 2.99. The van der Waals surface area contributed by atoms with Gasteiger partial charge in [-0.2, -0.15) is 4.98 Å². The first-order valence-corrected chi connectivity index (χ1v) is 6.52. The minimum Gasteiger partial charge on any atom is -0.480 e. The van der Waals surface area contributed by atoms with Gasteiger partial charge in [0.15, 0.2) is 17.0 Å². The number of rotatable bonds is 2. The van der Waals surface area contributed by atoms with Gasteiger partial charge in [0.25, 0.3) is 0 Å². The number of imidazole rings is 1. The third kappa shape index (κ3) is 1.74. The summed E-state index contributed by atoms with van der Waals surface area (Å²) >= 11 is 0. The zero-order chi connectivity index (χ0) is 15.1. The summed E-state index contributed by atoms with van der Waals surface area (Å²) in [6, 6.07) is 7.62. The van der Waals surface area contributed by atoms with E-state index in [0.29, 0.717) is 28.8 Å². The lowest BCUT2D eigenvalue weighted by molar-refractivity contribution is 0.402. The molecule has 4 aromatic rings. The number of para-hydroxylation sites is 1.